The summed E-state index contributed by atoms with van der Waals surface area (Å²) in [7, 11) is 0. The molecule has 0 saturated heterocycles. The van der Waals surface area contributed by atoms with E-state index in [1.807, 2.05) is 0 Å². The second-order valence-corrected chi connectivity index (χ2v) is 12.0. The Bertz CT molecular complexity index is 630. The van der Waals surface area contributed by atoms with Crippen LogP contribution in [0.4, 0.5) is 0 Å². The summed E-state index contributed by atoms with van der Waals surface area (Å²) in [5.74, 6) is 4.52. The third kappa shape index (κ3) is 4.48. The molecule has 172 valence electrons. The Labute approximate surface area is 187 Å². The zero-order valence-corrected chi connectivity index (χ0v) is 21.1. The number of aliphatic hydroxyl groups excluding tert-OH is 1. The molecule has 3 rings (SSSR count). The van der Waals surface area contributed by atoms with Crippen LogP contribution < -0.4 is 0 Å². The van der Waals surface area contributed by atoms with Gasteiger partial charge >= 0.3 is 0 Å². The van der Waals surface area contributed by atoms with Gasteiger partial charge < -0.3 is 5.11 Å². The largest absolute Gasteiger partial charge is 0.393 e. The zero-order chi connectivity index (χ0) is 22.1. The van der Waals surface area contributed by atoms with Gasteiger partial charge in [-0.15, -0.1) is 0 Å². The Morgan fingerprint density at radius 1 is 1.13 bits per heavy atom. The maximum absolute atomic E-state index is 10.2. The van der Waals surface area contributed by atoms with E-state index < -0.39 is 0 Å². The van der Waals surface area contributed by atoms with Gasteiger partial charge in [0.25, 0.3) is 0 Å². The third-order valence-electron chi connectivity index (χ3n) is 10.3. The first-order valence-electron chi connectivity index (χ1n) is 13.2. The minimum Gasteiger partial charge on any atom is -0.393 e. The monoisotopic (exact) mass is 414 g/mol. The van der Waals surface area contributed by atoms with Gasteiger partial charge in [0, 0.05) is 0 Å². The molecule has 30 heavy (non-hydrogen) atoms. The van der Waals surface area contributed by atoms with Crippen molar-refractivity contribution in [2.75, 3.05) is 0 Å². The molecular weight excluding hydrogens is 364 g/mol. The molecule has 0 bridgehead atoms. The first-order valence-corrected chi connectivity index (χ1v) is 13.2. The minimum absolute atomic E-state index is 0.0673. The zero-order valence-electron chi connectivity index (χ0n) is 21.1. The summed E-state index contributed by atoms with van der Waals surface area (Å²) < 4.78 is 0. The lowest BCUT2D eigenvalue weighted by molar-refractivity contribution is -0.0209. The van der Waals surface area contributed by atoms with E-state index in [1.165, 1.54) is 44.9 Å². The molecule has 0 unspecified atom stereocenters. The van der Waals surface area contributed by atoms with Crippen LogP contribution in [-0.2, 0) is 0 Å². The van der Waals surface area contributed by atoms with Crippen molar-refractivity contribution in [1.82, 2.24) is 0 Å². The fourth-order valence-corrected chi connectivity index (χ4v) is 7.72. The van der Waals surface area contributed by atoms with Gasteiger partial charge in [-0.25, -0.2) is 0 Å². The van der Waals surface area contributed by atoms with Crippen molar-refractivity contribution in [3.63, 3.8) is 0 Å². The van der Waals surface area contributed by atoms with E-state index >= 15 is 0 Å². The van der Waals surface area contributed by atoms with Crippen LogP contribution >= 0.6 is 0 Å². The number of aliphatic hydroxyl groups is 1. The molecule has 0 aromatic rings. The summed E-state index contributed by atoms with van der Waals surface area (Å²) in [5, 5.41) is 10.2. The first kappa shape index (κ1) is 24.1. The number of hydrogen-bond donors (Lipinski definition) is 1. The molecule has 1 heteroatoms. The van der Waals surface area contributed by atoms with Crippen LogP contribution in [0, 0.1) is 46.3 Å². The predicted molar refractivity (Wildman–Crippen MR) is 130 cm³/mol. The predicted octanol–water partition coefficient (Wildman–Crippen LogP) is 8.19. The molecule has 3 aliphatic rings. The summed E-state index contributed by atoms with van der Waals surface area (Å²) in [6.07, 6.45) is 18.9. The van der Waals surface area contributed by atoms with Gasteiger partial charge in [-0.3, -0.25) is 0 Å². The van der Waals surface area contributed by atoms with E-state index in [2.05, 4.69) is 66.7 Å². The third-order valence-corrected chi connectivity index (χ3v) is 10.3. The van der Waals surface area contributed by atoms with Gasteiger partial charge in [0.15, 0.2) is 0 Å². The van der Waals surface area contributed by atoms with Crippen LogP contribution in [0.3, 0.4) is 0 Å². The molecule has 8 atom stereocenters. The summed E-state index contributed by atoms with van der Waals surface area (Å²) in [4.78, 5) is 0. The van der Waals surface area contributed by atoms with Crippen LogP contribution in [0.2, 0.25) is 0 Å². The van der Waals surface area contributed by atoms with Crippen molar-refractivity contribution in [1.29, 1.82) is 0 Å². The smallest absolute Gasteiger partial charge is 0.0543 e. The second-order valence-electron chi connectivity index (χ2n) is 12.0. The molecule has 0 radical (unpaired) electrons. The van der Waals surface area contributed by atoms with Crippen LogP contribution in [0.5, 0.6) is 0 Å². The van der Waals surface area contributed by atoms with Crippen molar-refractivity contribution in [2.45, 2.75) is 112 Å². The van der Waals surface area contributed by atoms with E-state index in [9.17, 15) is 5.11 Å². The van der Waals surface area contributed by atoms with Crippen molar-refractivity contribution in [3.8, 4) is 0 Å². The van der Waals surface area contributed by atoms with E-state index in [4.69, 9.17) is 0 Å². The van der Waals surface area contributed by atoms with Gasteiger partial charge in [0.2, 0.25) is 0 Å². The lowest BCUT2D eigenvalue weighted by atomic mass is 9.54. The highest BCUT2D eigenvalue weighted by Gasteiger charge is 2.51. The molecule has 0 heterocycles. The Morgan fingerprint density at radius 2 is 1.87 bits per heavy atom. The van der Waals surface area contributed by atoms with E-state index in [1.54, 1.807) is 5.57 Å². The minimum atomic E-state index is -0.0673. The SMILES string of the molecule is CC[C@H](C/C=C(\C)[C@H]1CC[C@H]2C[C@@H]([C@@]3(C)CC[C@H](O)C[C@@H]3CC)C=C[C@@]21C)C(C)C. The topological polar surface area (TPSA) is 20.2 Å². The highest BCUT2D eigenvalue weighted by molar-refractivity contribution is 5.23. The number of rotatable bonds is 7. The molecule has 1 nitrogen and oxygen atoms in total. The number of allylic oxidation sites excluding steroid dienone is 4. The lowest BCUT2D eigenvalue weighted by Gasteiger charge is -2.51. The highest BCUT2D eigenvalue weighted by Crippen LogP contribution is 2.60. The summed E-state index contributed by atoms with van der Waals surface area (Å²) in [5.41, 5.74) is 2.38. The Morgan fingerprint density at radius 3 is 2.50 bits per heavy atom. The van der Waals surface area contributed by atoms with Crippen LogP contribution in [0.15, 0.2) is 23.8 Å². The lowest BCUT2D eigenvalue weighted by Crippen LogP contribution is -2.44. The van der Waals surface area contributed by atoms with Crippen molar-refractivity contribution in [3.05, 3.63) is 23.8 Å². The maximum atomic E-state index is 10.2. The summed E-state index contributed by atoms with van der Waals surface area (Å²) in [6.45, 7) is 17.0. The van der Waals surface area contributed by atoms with Crippen LogP contribution in [0.25, 0.3) is 0 Å². The molecule has 1 N–H and O–H groups in total. The molecule has 0 aliphatic heterocycles. The van der Waals surface area contributed by atoms with Crippen LogP contribution in [0.1, 0.15) is 106 Å². The van der Waals surface area contributed by atoms with Crippen molar-refractivity contribution >= 4 is 0 Å². The average molecular weight is 415 g/mol. The molecular formula is C29H50O. The number of hydrogen-bond acceptors (Lipinski definition) is 1. The molecule has 0 aromatic carbocycles. The Balaban J connectivity index is 1.75. The standard InChI is InChI=1S/C29H50O/c1-8-22(20(3)4)11-10-21(5)27-13-12-24-18-25(14-16-29(24,27)7)28(6)17-15-26(30)19-23(28)9-2/h10,14,16,20,22-27,30H,8-9,11-13,15,17-19H2,1-7H3/b21-10+/t22-,23+,24+,25+,26+,27-,28+,29+/m1/s1. The average Bonchev–Trinajstić information content (AvgIpc) is 3.06. The fourth-order valence-electron chi connectivity index (χ4n) is 7.72. The van der Waals surface area contributed by atoms with Crippen molar-refractivity contribution in [2.24, 2.45) is 46.3 Å². The normalized spacial score (nSPS) is 43.1. The fraction of sp³-hybridized carbons (Fsp3) is 0.862. The molecule has 0 aromatic heterocycles. The molecule has 2 fully saturated rings. The molecule has 0 amide bonds. The van der Waals surface area contributed by atoms with Gasteiger partial charge in [-0.1, -0.05) is 78.2 Å². The highest BCUT2D eigenvalue weighted by atomic mass is 16.3. The van der Waals surface area contributed by atoms with Gasteiger partial charge in [0.05, 0.1) is 6.10 Å². The van der Waals surface area contributed by atoms with Crippen molar-refractivity contribution < 1.29 is 5.11 Å². The van der Waals surface area contributed by atoms with Gasteiger partial charge in [-0.05, 0) is 98.2 Å². The first-order chi connectivity index (χ1) is 14.2. The second kappa shape index (κ2) is 9.51. The summed E-state index contributed by atoms with van der Waals surface area (Å²) >= 11 is 0. The van der Waals surface area contributed by atoms with E-state index in [0.29, 0.717) is 22.7 Å². The van der Waals surface area contributed by atoms with Gasteiger partial charge in [-0.2, -0.15) is 0 Å². The van der Waals surface area contributed by atoms with E-state index in [-0.39, 0.29) is 6.10 Å². The molecule has 2 saturated carbocycles. The Hall–Kier alpha value is -0.560. The van der Waals surface area contributed by atoms with Crippen LogP contribution in [-0.4, -0.2) is 11.2 Å². The Kier molecular flexibility index (Phi) is 7.64. The van der Waals surface area contributed by atoms with E-state index in [0.717, 1.165) is 36.5 Å². The molecule has 3 aliphatic carbocycles. The quantitative estimate of drug-likeness (QED) is 0.416. The number of fused-ring (bicyclic) bond motifs is 1. The maximum Gasteiger partial charge on any atom is 0.0543 e. The molecule has 0 spiro atoms. The summed E-state index contributed by atoms with van der Waals surface area (Å²) in [6, 6.07) is 0. The van der Waals surface area contributed by atoms with Gasteiger partial charge in [0.1, 0.15) is 0 Å².